The van der Waals surface area contributed by atoms with E-state index in [4.69, 9.17) is 0 Å². The standard InChI is InChI=1S/C10H16F2N2O/c11-10(12)6-13-4-3-8(10)5-14-9(15)7-1-2-7/h7-8,13H,1-6H2,(H,14,15). The first-order valence-electron chi connectivity index (χ1n) is 5.46. The lowest BCUT2D eigenvalue weighted by Crippen LogP contribution is -2.50. The molecule has 5 heteroatoms. The van der Waals surface area contributed by atoms with Crippen LogP contribution in [0.5, 0.6) is 0 Å². The van der Waals surface area contributed by atoms with Crippen LogP contribution in [0.15, 0.2) is 0 Å². The largest absolute Gasteiger partial charge is 0.355 e. The van der Waals surface area contributed by atoms with Crippen molar-refractivity contribution in [2.45, 2.75) is 25.2 Å². The van der Waals surface area contributed by atoms with E-state index in [2.05, 4.69) is 10.6 Å². The van der Waals surface area contributed by atoms with Gasteiger partial charge in [0.2, 0.25) is 5.91 Å². The zero-order chi connectivity index (χ0) is 10.9. The van der Waals surface area contributed by atoms with Crippen molar-refractivity contribution >= 4 is 5.91 Å². The lowest BCUT2D eigenvalue weighted by molar-refractivity contribution is -0.123. The zero-order valence-corrected chi connectivity index (χ0v) is 8.56. The number of amides is 1. The normalized spacial score (nSPS) is 29.9. The van der Waals surface area contributed by atoms with Crippen LogP contribution < -0.4 is 10.6 Å². The summed E-state index contributed by atoms with van der Waals surface area (Å²) in [5.41, 5.74) is 0. The second kappa shape index (κ2) is 4.04. The van der Waals surface area contributed by atoms with Gasteiger partial charge in [0.1, 0.15) is 0 Å². The summed E-state index contributed by atoms with van der Waals surface area (Å²) in [7, 11) is 0. The van der Waals surface area contributed by atoms with Gasteiger partial charge in [0.05, 0.1) is 6.54 Å². The van der Waals surface area contributed by atoms with Crippen LogP contribution in [0.2, 0.25) is 0 Å². The predicted molar refractivity (Wildman–Crippen MR) is 51.7 cm³/mol. The quantitative estimate of drug-likeness (QED) is 0.734. The van der Waals surface area contributed by atoms with E-state index in [0.29, 0.717) is 13.0 Å². The molecule has 0 bridgehead atoms. The molecule has 86 valence electrons. The molecule has 0 aromatic rings. The summed E-state index contributed by atoms with van der Waals surface area (Å²) in [4.78, 5) is 11.3. The third-order valence-corrected chi connectivity index (χ3v) is 3.10. The minimum Gasteiger partial charge on any atom is -0.355 e. The Morgan fingerprint density at radius 1 is 1.40 bits per heavy atom. The molecule has 2 fully saturated rings. The second-order valence-corrected chi connectivity index (χ2v) is 4.44. The number of carbonyl (C=O) groups excluding carboxylic acids is 1. The molecule has 2 N–H and O–H groups in total. The average molecular weight is 218 g/mol. The molecule has 1 saturated carbocycles. The molecule has 1 heterocycles. The van der Waals surface area contributed by atoms with Gasteiger partial charge in [-0.05, 0) is 25.8 Å². The maximum Gasteiger partial charge on any atom is 0.264 e. The van der Waals surface area contributed by atoms with Crippen LogP contribution in [0.3, 0.4) is 0 Å². The minimum atomic E-state index is -2.69. The van der Waals surface area contributed by atoms with E-state index in [9.17, 15) is 13.6 Å². The molecule has 3 nitrogen and oxygen atoms in total. The first-order chi connectivity index (χ1) is 7.09. The van der Waals surface area contributed by atoms with Gasteiger partial charge in [-0.3, -0.25) is 4.79 Å². The van der Waals surface area contributed by atoms with Crippen molar-refractivity contribution in [3.05, 3.63) is 0 Å². The highest BCUT2D eigenvalue weighted by atomic mass is 19.3. The molecule has 1 atom stereocenters. The Morgan fingerprint density at radius 3 is 2.73 bits per heavy atom. The summed E-state index contributed by atoms with van der Waals surface area (Å²) in [6.45, 7) is 0.459. The summed E-state index contributed by atoms with van der Waals surface area (Å²) in [5.74, 6) is -3.35. The fourth-order valence-corrected chi connectivity index (χ4v) is 1.85. The smallest absolute Gasteiger partial charge is 0.264 e. The molecule has 2 rings (SSSR count). The molecule has 1 saturated heterocycles. The Labute approximate surface area is 87.6 Å². The van der Waals surface area contributed by atoms with Gasteiger partial charge >= 0.3 is 0 Å². The summed E-state index contributed by atoms with van der Waals surface area (Å²) in [6.07, 6.45) is 2.25. The molecule has 15 heavy (non-hydrogen) atoms. The van der Waals surface area contributed by atoms with Crippen molar-refractivity contribution in [3.63, 3.8) is 0 Å². The molecule has 0 aromatic carbocycles. The molecule has 1 aliphatic carbocycles. The number of piperidine rings is 1. The zero-order valence-electron chi connectivity index (χ0n) is 8.56. The number of carbonyl (C=O) groups is 1. The fraction of sp³-hybridized carbons (Fsp3) is 0.900. The molecular weight excluding hydrogens is 202 g/mol. The third-order valence-electron chi connectivity index (χ3n) is 3.10. The van der Waals surface area contributed by atoms with Crippen molar-refractivity contribution in [1.82, 2.24) is 10.6 Å². The van der Waals surface area contributed by atoms with Crippen LogP contribution in [-0.4, -0.2) is 31.5 Å². The summed E-state index contributed by atoms with van der Waals surface area (Å²) < 4.78 is 26.6. The monoisotopic (exact) mass is 218 g/mol. The molecule has 0 radical (unpaired) electrons. The maximum absolute atomic E-state index is 13.3. The molecule has 2 aliphatic rings. The first kappa shape index (κ1) is 10.8. The third kappa shape index (κ3) is 2.65. The summed E-state index contributed by atoms with van der Waals surface area (Å²) >= 11 is 0. The molecule has 1 aliphatic heterocycles. The topological polar surface area (TPSA) is 41.1 Å². The molecule has 1 amide bonds. The van der Waals surface area contributed by atoms with Crippen LogP contribution in [0, 0.1) is 11.8 Å². The molecule has 1 unspecified atom stereocenters. The highest BCUT2D eigenvalue weighted by molar-refractivity contribution is 5.80. The van der Waals surface area contributed by atoms with Gasteiger partial charge in [0, 0.05) is 18.4 Å². The predicted octanol–water partition coefficient (Wildman–Crippen LogP) is 0.757. The van der Waals surface area contributed by atoms with Gasteiger partial charge in [-0.2, -0.15) is 0 Å². The van der Waals surface area contributed by atoms with Gasteiger partial charge in [-0.15, -0.1) is 0 Å². The summed E-state index contributed by atoms with van der Waals surface area (Å²) in [6, 6.07) is 0. The van der Waals surface area contributed by atoms with E-state index < -0.39 is 11.8 Å². The van der Waals surface area contributed by atoms with Crippen molar-refractivity contribution in [3.8, 4) is 0 Å². The van der Waals surface area contributed by atoms with Gasteiger partial charge in [0.15, 0.2) is 0 Å². The number of nitrogens with one attached hydrogen (secondary N) is 2. The number of halogens is 2. The second-order valence-electron chi connectivity index (χ2n) is 4.44. The lowest BCUT2D eigenvalue weighted by atomic mass is 9.94. The number of alkyl halides is 2. The maximum atomic E-state index is 13.3. The van der Waals surface area contributed by atoms with Crippen LogP contribution in [0.25, 0.3) is 0 Å². The Balaban J connectivity index is 1.79. The lowest BCUT2D eigenvalue weighted by Gasteiger charge is -2.31. The van der Waals surface area contributed by atoms with Crippen LogP contribution in [0.4, 0.5) is 8.78 Å². The fourth-order valence-electron chi connectivity index (χ4n) is 1.85. The number of hydrogen-bond acceptors (Lipinski definition) is 2. The van der Waals surface area contributed by atoms with E-state index >= 15 is 0 Å². The van der Waals surface area contributed by atoms with Gasteiger partial charge < -0.3 is 10.6 Å². The highest BCUT2D eigenvalue weighted by Gasteiger charge is 2.42. The SMILES string of the molecule is O=C(NCC1CCNCC1(F)F)C1CC1. The van der Waals surface area contributed by atoms with Crippen molar-refractivity contribution < 1.29 is 13.6 Å². The van der Waals surface area contributed by atoms with E-state index in [1.165, 1.54) is 0 Å². The Morgan fingerprint density at radius 2 is 2.13 bits per heavy atom. The van der Waals surface area contributed by atoms with Gasteiger partial charge in [0.25, 0.3) is 5.92 Å². The number of hydrogen-bond donors (Lipinski definition) is 2. The van der Waals surface area contributed by atoms with Crippen molar-refractivity contribution in [2.24, 2.45) is 11.8 Å². The molecular formula is C10H16F2N2O. The Kier molecular flexibility index (Phi) is 2.91. The van der Waals surface area contributed by atoms with E-state index in [-0.39, 0.29) is 24.9 Å². The van der Waals surface area contributed by atoms with Crippen molar-refractivity contribution in [2.75, 3.05) is 19.6 Å². The minimum absolute atomic E-state index is 0.0515. The van der Waals surface area contributed by atoms with E-state index in [1.54, 1.807) is 0 Å². The van der Waals surface area contributed by atoms with E-state index in [0.717, 1.165) is 12.8 Å². The Bertz CT molecular complexity index is 254. The van der Waals surface area contributed by atoms with Crippen LogP contribution >= 0.6 is 0 Å². The Hall–Kier alpha value is -0.710. The average Bonchev–Trinajstić information content (AvgIpc) is 2.98. The first-order valence-corrected chi connectivity index (χ1v) is 5.46. The van der Waals surface area contributed by atoms with E-state index in [1.807, 2.05) is 0 Å². The van der Waals surface area contributed by atoms with Gasteiger partial charge in [-0.1, -0.05) is 0 Å². The number of rotatable bonds is 3. The van der Waals surface area contributed by atoms with Gasteiger partial charge in [-0.25, -0.2) is 8.78 Å². The van der Waals surface area contributed by atoms with Crippen LogP contribution in [-0.2, 0) is 4.79 Å². The molecule has 0 aromatic heterocycles. The van der Waals surface area contributed by atoms with Crippen molar-refractivity contribution in [1.29, 1.82) is 0 Å². The van der Waals surface area contributed by atoms with Crippen LogP contribution in [0.1, 0.15) is 19.3 Å². The molecule has 0 spiro atoms. The summed E-state index contributed by atoms with van der Waals surface area (Å²) in [5, 5.41) is 5.29. The highest BCUT2D eigenvalue weighted by Crippen LogP contribution is 2.31.